The van der Waals surface area contributed by atoms with Crippen molar-refractivity contribution in [1.82, 2.24) is 5.32 Å². The predicted octanol–water partition coefficient (Wildman–Crippen LogP) is 2.33. The number of amides is 1. The summed E-state index contributed by atoms with van der Waals surface area (Å²) in [4.78, 5) is 23.4. The van der Waals surface area contributed by atoms with Gasteiger partial charge < -0.3 is 10.4 Å². The molecule has 18 heavy (non-hydrogen) atoms. The lowest BCUT2D eigenvalue weighted by Gasteiger charge is -2.37. The molecule has 102 valence electrons. The van der Waals surface area contributed by atoms with Gasteiger partial charge in [0.15, 0.2) is 0 Å². The molecule has 0 bridgehead atoms. The van der Waals surface area contributed by atoms with E-state index in [2.05, 4.69) is 12.2 Å². The van der Waals surface area contributed by atoms with Crippen molar-refractivity contribution in [2.45, 2.75) is 64.3 Å². The fourth-order valence-corrected chi connectivity index (χ4v) is 3.02. The Morgan fingerprint density at radius 3 is 2.39 bits per heavy atom. The second-order valence-electron chi connectivity index (χ2n) is 6.02. The third-order valence-electron chi connectivity index (χ3n) is 4.64. The Morgan fingerprint density at radius 2 is 1.83 bits per heavy atom. The van der Waals surface area contributed by atoms with E-state index in [0.29, 0.717) is 12.8 Å². The Balaban J connectivity index is 1.92. The Morgan fingerprint density at radius 1 is 1.11 bits per heavy atom. The molecular weight excluding hydrogens is 230 g/mol. The lowest BCUT2D eigenvalue weighted by Crippen LogP contribution is -2.53. The molecule has 2 aliphatic carbocycles. The van der Waals surface area contributed by atoms with Gasteiger partial charge in [-0.2, -0.15) is 0 Å². The van der Waals surface area contributed by atoms with Gasteiger partial charge in [0.25, 0.3) is 0 Å². The molecule has 0 aliphatic heterocycles. The Labute approximate surface area is 108 Å². The standard InChI is InChI=1S/C14H23NO3/c1-10-4-2-5-11(7-6-10)15-12(16)14(13(17)18)8-3-9-14/h10-11H,2-9H2,1H3,(H,15,16)(H,17,18). The second-order valence-corrected chi connectivity index (χ2v) is 6.02. The molecule has 1 amide bonds. The van der Waals surface area contributed by atoms with E-state index in [4.69, 9.17) is 0 Å². The molecule has 0 saturated heterocycles. The molecule has 2 unspecified atom stereocenters. The summed E-state index contributed by atoms with van der Waals surface area (Å²) in [5.41, 5.74) is -1.11. The number of aliphatic carboxylic acids is 1. The van der Waals surface area contributed by atoms with Gasteiger partial charge in [0.1, 0.15) is 5.41 Å². The molecule has 2 rings (SSSR count). The highest BCUT2D eigenvalue weighted by atomic mass is 16.4. The highest BCUT2D eigenvalue weighted by Gasteiger charge is 2.51. The van der Waals surface area contributed by atoms with Crippen LogP contribution in [0.2, 0.25) is 0 Å². The average Bonchev–Trinajstić information content (AvgIpc) is 2.41. The zero-order valence-electron chi connectivity index (χ0n) is 11.1. The number of carbonyl (C=O) groups excluding carboxylic acids is 1. The van der Waals surface area contributed by atoms with Crippen molar-refractivity contribution in [3.8, 4) is 0 Å². The lowest BCUT2D eigenvalue weighted by atomic mass is 9.68. The van der Waals surface area contributed by atoms with E-state index in [1.165, 1.54) is 6.42 Å². The first-order chi connectivity index (χ1) is 8.54. The summed E-state index contributed by atoms with van der Waals surface area (Å²) >= 11 is 0. The zero-order chi connectivity index (χ0) is 13.2. The van der Waals surface area contributed by atoms with E-state index in [1.807, 2.05) is 0 Å². The SMILES string of the molecule is CC1CCCC(NC(=O)C2(C(=O)O)CCC2)CC1. The van der Waals surface area contributed by atoms with Crippen LogP contribution in [0.25, 0.3) is 0 Å². The molecule has 2 saturated carbocycles. The van der Waals surface area contributed by atoms with Crippen molar-refractivity contribution < 1.29 is 14.7 Å². The number of carboxylic acid groups (broad SMARTS) is 1. The van der Waals surface area contributed by atoms with E-state index < -0.39 is 11.4 Å². The van der Waals surface area contributed by atoms with Gasteiger partial charge in [-0.15, -0.1) is 0 Å². The minimum atomic E-state index is -1.11. The molecule has 4 nitrogen and oxygen atoms in total. The molecule has 2 atom stereocenters. The molecule has 0 heterocycles. The zero-order valence-corrected chi connectivity index (χ0v) is 11.1. The number of carbonyl (C=O) groups is 2. The van der Waals surface area contributed by atoms with Gasteiger partial charge in [-0.25, -0.2) is 0 Å². The summed E-state index contributed by atoms with van der Waals surface area (Å²) in [7, 11) is 0. The van der Waals surface area contributed by atoms with Gasteiger partial charge in [0, 0.05) is 6.04 Å². The molecule has 2 fully saturated rings. The molecule has 0 aromatic rings. The van der Waals surface area contributed by atoms with Crippen LogP contribution >= 0.6 is 0 Å². The van der Waals surface area contributed by atoms with Gasteiger partial charge in [0.05, 0.1) is 0 Å². The summed E-state index contributed by atoms with van der Waals surface area (Å²) < 4.78 is 0. The van der Waals surface area contributed by atoms with Gasteiger partial charge in [-0.1, -0.05) is 26.2 Å². The first kappa shape index (κ1) is 13.4. The van der Waals surface area contributed by atoms with Crippen LogP contribution in [0.5, 0.6) is 0 Å². The quantitative estimate of drug-likeness (QED) is 0.599. The fraction of sp³-hybridized carbons (Fsp3) is 0.857. The summed E-state index contributed by atoms with van der Waals surface area (Å²) in [5, 5.41) is 12.2. The fourth-order valence-electron chi connectivity index (χ4n) is 3.02. The molecule has 2 N–H and O–H groups in total. The van der Waals surface area contributed by atoms with Crippen LogP contribution in [0.4, 0.5) is 0 Å². The maximum absolute atomic E-state index is 12.2. The maximum Gasteiger partial charge on any atom is 0.319 e. The first-order valence-electron chi connectivity index (χ1n) is 7.09. The van der Waals surface area contributed by atoms with Crippen LogP contribution < -0.4 is 5.32 Å². The summed E-state index contributed by atoms with van der Waals surface area (Å²) in [6.07, 6.45) is 7.30. The summed E-state index contributed by atoms with van der Waals surface area (Å²) in [6, 6.07) is 0.180. The highest BCUT2D eigenvalue weighted by Crippen LogP contribution is 2.41. The van der Waals surface area contributed by atoms with Crippen molar-refractivity contribution in [1.29, 1.82) is 0 Å². The van der Waals surface area contributed by atoms with E-state index in [9.17, 15) is 14.7 Å². The summed E-state index contributed by atoms with van der Waals surface area (Å²) in [5.74, 6) is -0.474. The lowest BCUT2D eigenvalue weighted by molar-refractivity contribution is -0.162. The smallest absolute Gasteiger partial charge is 0.319 e. The normalized spacial score (nSPS) is 30.9. The molecule has 0 spiro atoms. The minimum Gasteiger partial charge on any atom is -0.480 e. The van der Waals surface area contributed by atoms with Crippen molar-refractivity contribution in [2.75, 3.05) is 0 Å². The highest BCUT2D eigenvalue weighted by molar-refractivity contribution is 6.02. The summed E-state index contributed by atoms with van der Waals surface area (Å²) in [6.45, 7) is 2.24. The number of carboxylic acids is 1. The topological polar surface area (TPSA) is 66.4 Å². The van der Waals surface area contributed by atoms with Gasteiger partial charge >= 0.3 is 5.97 Å². The van der Waals surface area contributed by atoms with Crippen LogP contribution in [-0.4, -0.2) is 23.0 Å². The van der Waals surface area contributed by atoms with Gasteiger partial charge in [-0.05, 0) is 38.0 Å². The maximum atomic E-state index is 12.2. The number of nitrogens with one attached hydrogen (secondary N) is 1. The van der Waals surface area contributed by atoms with E-state index in [0.717, 1.165) is 38.0 Å². The monoisotopic (exact) mass is 253 g/mol. The van der Waals surface area contributed by atoms with E-state index in [-0.39, 0.29) is 11.9 Å². The van der Waals surface area contributed by atoms with Crippen molar-refractivity contribution in [2.24, 2.45) is 11.3 Å². The Bertz CT molecular complexity index is 336. The van der Waals surface area contributed by atoms with Crippen LogP contribution in [0.3, 0.4) is 0 Å². The number of hydrogen-bond donors (Lipinski definition) is 2. The van der Waals surface area contributed by atoms with Crippen LogP contribution in [0, 0.1) is 11.3 Å². The van der Waals surface area contributed by atoms with Gasteiger partial charge in [-0.3, -0.25) is 9.59 Å². The Hall–Kier alpha value is -1.06. The number of hydrogen-bond acceptors (Lipinski definition) is 2. The first-order valence-corrected chi connectivity index (χ1v) is 7.09. The Kier molecular flexibility index (Phi) is 3.93. The molecule has 0 aromatic heterocycles. The van der Waals surface area contributed by atoms with E-state index in [1.54, 1.807) is 0 Å². The molecule has 0 radical (unpaired) electrons. The van der Waals surface area contributed by atoms with E-state index >= 15 is 0 Å². The minimum absolute atomic E-state index is 0.180. The van der Waals surface area contributed by atoms with Crippen LogP contribution in [0.1, 0.15) is 58.3 Å². The molecule has 4 heteroatoms. The third-order valence-corrected chi connectivity index (χ3v) is 4.64. The van der Waals surface area contributed by atoms with Crippen LogP contribution in [-0.2, 0) is 9.59 Å². The second kappa shape index (κ2) is 5.29. The van der Waals surface area contributed by atoms with Crippen molar-refractivity contribution >= 4 is 11.9 Å². The molecule has 0 aromatic carbocycles. The average molecular weight is 253 g/mol. The van der Waals surface area contributed by atoms with Crippen molar-refractivity contribution in [3.05, 3.63) is 0 Å². The van der Waals surface area contributed by atoms with Crippen molar-refractivity contribution in [3.63, 3.8) is 0 Å². The molecule has 2 aliphatic rings. The largest absolute Gasteiger partial charge is 0.480 e. The number of rotatable bonds is 3. The van der Waals surface area contributed by atoms with Crippen LogP contribution in [0.15, 0.2) is 0 Å². The predicted molar refractivity (Wildman–Crippen MR) is 68.1 cm³/mol. The van der Waals surface area contributed by atoms with Gasteiger partial charge in [0.2, 0.25) is 5.91 Å². The molecular formula is C14H23NO3. The third kappa shape index (κ3) is 2.52.